The molecule has 4 heteroatoms. The van der Waals surface area contributed by atoms with Gasteiger partial charge in [-0.3, -0.25) is 9.59 Å². The van der Waals surface area contributed by atoms with Crippen LogP contribution in [0.15, 0.2) is 24.3 Å². The zero-order valence-electron chi connectivity index (χ0n) is 12.0. The summed E-state index contributed by atoms with van der Waals surface area (Å²) < 4.78 is 0. The number of nitrogens with one attached hydrogen (secondary N) is 1. The molecule has 0 radical (unpaired) electrons. The molecule has 0 unspecified atom stereocenters. The Balaban J connectivity index is 1.93. The molecule has 2 rings (SSSR count). The molecule has 1 aliphatic rings. The quantitative estimate of drug-likeness (QED) is 0.838. The van der Waals surface area contributed by atoms with Crippen LogP contribution >= 0.6 is 0 Å². The fourth-order valence-corrected chi connectivity index (χ4v) is 2.06. The standard InChI is InChI=1S/C16H21NO3/c1-16(2,15(19)20)12-6-8-13(9-7-12)17-14(18)10-5-11-3-4-11/h6-9,11H,3-5,10H2,1-2H3,(H,17,18)(H,19,20). The second kappa shape index (κ2) is 5.65. The maximum atomic E-state index is 11.7. The molecule has 0 aliphatic heterocycles. The van der Waals surface area contributed by atoms with Crippen LogP contribution in [-0.2, 0) is 15.0 Å². The molecule has 108 valence electrons. The fourth-order valence-electron chi connectivity index (χ4n) is 2.06. The number of anilines is 1. The summed E-state index contributed by atoms with van der Waals surface area (Å²) in [6.45, 7) is 3.33. The van der Waals surface area contributed by atoms with Crippen LogP contribution in [0.3, 0.4) is 0 Å². The molecule has 1 amide bonds. The van der Waals surface area contributed by atoms with E-state index in [1.165, 1.54) is 12.8 Å². The average Bonchev–Trinajstić information content (AvgIpc) is 3.21. The molecular formula is C16H21NO3. The van der Waals surface area contributed by atoms with Crippen LogP contribution in [0.25, 0.3) is 0 Å². The van der Waals surface area contributed by atoms with Crippen LogP contribution in [0.1, 0.15) is 45.1 Å². The number of benzene rings is 1. The van der Waals surface area contributed by atoms with E-state index < -0.39 is 11.4 Å². The van der Waals surface area contributed by atoms with Gasteiger partial charge in [0.05, 0.1) is 5.41 Å². The smallest absolute Gasteiger partial charge is 0.313 e. The number of rotatable bonds is 6. The molecule has 0 heterocycles. The van der Waals surface area contributed by atoms with Crippen molar-refractivity contribution in [2.45, 2.75) is 44.9 Å². The molecule has 20 heavy (non-hydrogen) atoms. The molecule has 0 aromatic heterocycles. The molecular weight excluding hydrogens is 254 g/mol. The van der Waals surface area contributed by atoms with E-state index in [-0.39, 0.29) is 5.91 Å². The highest BCUT2D eigenvalue weighted by Crippen LogP contribution is 2.33. The minimum absolute atomic E-state index is 0.0298. The highest BCUT2D eigenvalue weighted by molar-refractivity contribution is 5.90. The van der Waals surface area contributed by atoms with Crippen molar-refractivity contribution >= 4 is 17.6 Å². The van der Waals surface area contributed by atoms with Gasteiger partial charge in [0.1, 0.15) is 0 Å². The van der Waals surface area contributed by atoms with Crippen molar-refractivity contribution in [1.82, 2.24) is 0 Å². The topological polar surface area (TPSA) is 66.4 Å². The molecule has 0 bridgehead atoms. The first-order valence-corrected chi connectivity index (χ1v) is 7.03. The number of hydrogen-bond acceptors (Lipinski definition) is 2. The Bertz CT molecular complexity index is 501. The molecule has 0 spiro atoms. The summed E-state index contributed by atoms with van der Waals surface area (Å²) in [5.74, 6) is -0.0830. The lowest BCUT2D eigenvalue weighted by molar-refractivity contribution is -0.142. The van der Waals surface area contributed by atoms with Crippen LogP contribution in [0.2, 0.25) is 0 Å². The van der Waals surface area contributed by atoms with Gasteiger partial charge in [-0.15, -0.1) is 0 Å². The number of carboxylic acid groups (broad SMARTS) is 1. The summed E-state index contributed by atoms with van der Waals surface area (Å²) in [6, 6.07) is 7.03. The van der Waals surface area contributed by atoms with Crippen LogP contribution < -0.4 is 5.32 Å². The second-order valence-electron chi connectivity index (χ2n) is 6.04. The van der Waals surface area contributed by atoms with Crippen LogP contribution in [0.5, 0.6) is 0 Å². The molecule has 1 saturated carbocycles. The Kier molecular flexibility index (Phi) is 4.12. The summed E-state index contributed by atoms with van der Waals surface area (Å²) >= 11 is 0. The van der Waals surface area contributed by atoms with Gasteiger partial charge in [0, 0.05) is 12.1 Å². The van der Waals surface area contributed by atoms with E-state index in [4.69, 9.17) is 5.11 Å². The van der Waals surface area contributed by atoms with Crippen LogP contribution in [-0.4, -0.2) is 17.0 Å². The summed E-state index contributed by atoms with van der Waals surface area (Å²) in [7, 11) is 0. The van der Waals surface area contributed by atoms with Crippen molar-refractivity contribution < 1.29 is 14.7 Å². The maximum absolute atomic E-state index is 11.7. The van der Waals surface area contributed by atoms with Crippen LogP contribution in [0, 0.1) is 5.92 Å². The lowest BCUT2D eigenvalue weighted by Gasteiger charge is -2.19. The first-order valence-electron chi connectivity index (χ1n) is 7.03. The van der Waals surface area contributed by atoms with Gasteiger partial charge >= 0.3 is 5.97 Å². The van der Waals surface area contributed by atoms with E-state index >= 15 is 0 Å². The van der Waals surface area contributed by atoms with Crippen molar-refractivity contribution in [3.63, 3.8) is 0 Å². The van der Waals surface area contributed by atoms with Crippen molar-refractivity contribution in [2.24, 2.45) is 5.92 Å². The highest BCUT2D eigenvalue weighted by Gasteiger charge is 2.29. The first kappa shape index (κ1) is 14.6. The predicted molar refractivity (Wildman–Crippen MR) is 77.7 cm³/mol. The first-order chi connectivity index (χ1) is 9.39. The van der Waals surface area contributed by atoms with Gasteiger partial charge in [-0.2, -0.15) is 0 Å². The number of carboxylic acids is 1. The van der Waals surface area contributed by atoms with Gasteiger partial charge in [0.15, 0.2) is 0 Å². The zero-order chi connectivity index (χ0) is 14.8. The monoisotopic (exact) mass is 275 g/mol. The molecule has 4 nitrogen and oxygen atoms in total. The number of hydrogen-bond donors (Lipinski definition) is 2. The normalized spacial score (nSPS) is 14.9. The molecule has 1 fully saturated rings. The van der Waals surface area contributed by atoms with Crippen LogP contribution in [0.4, 0.5) is 5.69 Å². The maximum Gasteiger partial charge on any atom is 0.313 e. The number of carbonyl (C=O) groups is 2. The fraction of sp³-hybridized carbons (Fsp3) is 0.500. The lowest BCUT2D eigenvalue weighted by atomic mass is 9.85. The third-order valence-electron chi connectivity index (χ3n) is 3.90. The summed E-state index contributed by atoms with van der Waals surface area (Å²) in [4.78, 5) is 22.9. The number of carbonyl (C=O) groups excluding carboxylic acids is 1. The molecule has 0 atom stereocenters. The molecule has 1 aliphatic carbocycles. The Labute approximate surface area is 119 Å². The molecule has 1 aromatic carbocycles. The van der Waals surface area contributed by atoms with Gasteiger partial charge in [-0.05, 0) is 43.9 Å². The van der Waals surface area contributed by atoms with Crippen molar-refractivity contribution in [3.8, 4) is 0 Å². The van der Waals surface area contributed by atoms with Gasteiger partial charge < -0.3 is 10.4 Å². The van der Waals surface area contributed by atoms with E-state index in [9.17, 15) is 9.59 Å². The minimum atomic E-state index is -0.922. The van der Waals surface area contributed by atoms with E-state index in [0.717, 1.165) is 23.6 Å². The lowest BCUT2D eigenvalue weighted by Crippen LogP contribution is -2.28. The van der Waals surface area contributed by atoms with E-state index in [0.29, 0.717) is 6.42 Å². The third-order valence-corrected chi connectivity index (χ3v) is 3.90. The molecule has 2 N–H and O–H groups in total. The van der Waals surface area contributed by atoms with E-state index in [1.807, 2.05) is 0 Å². The van der Waals surface area contributed by atoms with Gasteiger partial charge in [0.2, 0.25) is 5.91 Å². The van der Waals surface area contributed by atoms with Crippen molar-refractivity contribution in [1.29, 1.82) is 0 Å². The van der Waals surface area contributed by atoms with Crippen molar-refractivity contribution in [3.05, 3.63) is 29.8 Å². The summed E-state index contributed by atoms with van der Waals surface area (Å²) in [6.07, 6.45) is 4.04. The third kappa shape index (κ3) is 3.59. The Morgan fingerprint density at radius 2 is 1.85 bits per heavy atom. The van der Waals surface area contributed by atoms with Gasteiger partial charge in [-0.25, -0.2) is 0 Å². The largest absolute Gasteiger partial charge is 0.481 e. The Morgan fingerprint density at radius 3 is 2.35 bits per heavy atom. The Hall–Kier alpha value is -1.84. The van der Waals surface area contributed by atoms with Crippen molar-refractivity contribution in [2.75, 3.05) is 5.32 Å². The average molecular weight is 275 g/mol. The van der Waals surface area contributed by atoms with E-state index in [1.54, 1.807) is 38.1 Å². The Morgan fingerprint density at radius 1 is 1.25 bits per heavy atom. The van der Waals surface area contributed by atoms with Gasteiger partial charge in [0.25, 0.3) is 0 Å². The van der Waals surface area contributed by atoms with E-state index in [2.05, 4.69) is 5.32 Å². The zero-order valence-corrected chi connectivity index (χ0v) is 12.0. The highest BCUT2D eigenvalue weighted by atomic mass is 16.4. The number of aliphatic carboxylic acids is 1. The second-order valence-corrected chi connectivity index (χ2v) is 6.04. The predicted octanol–water partition coefficient (Wildman–Crippen LogP) is 3.18. The summed E-state index contributed by atoms with van der Waals surface area (Å²) in [5.41, 5.74) is 0.519. The summed E-state index contributed by atoms with van der Waals surface area (Å²) in [5, 5.41) is 12.0. The molecule has 0 saturated heterocycles. The number of amides is 1. The van der Waals surface area contributed by atoms with Gasteiger partial charge in [-0.1, -0.05) is 25.0 Å². The SMILES string of the molecule is CC(C)(C(=O)O)c1ccc(NC(=O)CCC2CC2)cc1. The molecule has 1 aromatic rings. The minimum Gasteiger partial charge on any atom is -0.481 e.